The summed E-state index contributed by atoms with van der Waals surface area (Å²) in [6, 6.07) is 7.42. The Morgan fingerprint density at radius 1 is 1.15 bits per heavy atom. The number of fused-ring (bicyclic) bond motifs is 5. The number of aromatic nitrogens is 4. The molecule has 2 saturated heterocycles. The van der Waals surface area contributed by atoms with Gasteiger partial charge in [0.05, 0.1) is 35.1 Å². The van der Waals surface area contributed by atoms with Crippen LogP contribution in [0.25, 0.3) is 22.3 Å². The molecule has 1 saturated carbocycles. The SMILES string of the molecule is Cc1ccc2ncc(F)c(CCC34CCC(NCc5ccc6oc(=O)[nH]c6n5)(CC3)CO4)c2n1. The summed E-state index contributed by atoms with van der Waals surface area (Å²) < 4.78 is 26.1. The van der Waals surface area contributed by atoms with Crippen LogP contribution in [0.3, 0.4) is 0 Å². The first-order valence-corrected chi connectivity index (χ1v) is 11.7. The summed E-state index contributed by atoms with van der Waals surface area (Å²) in [6.07, 6.45) is 6.49. The summed E-state index contributed by atoms with van der Waals surface area (Å²) >= 11 is 0. The van der Waals surface area contributed by atoms with Crippen LogP contribution in [0.5, 0.6) is 0 Å². The first-order chi connectivity index (χ1) is 16.4. The van der Waals surface area contributed by atoms with Crippen molar-refractivity contribution in [1.82, 2.24) is 25.3 Å². The molecular weight excluding hydrogens is 437 g/mol. The highest BCUT2D eigenvalue weighted by Crippen LogP contribution is 2.46. The van der Waals surface area contributed by atoms with Crippen molar-refractivity contribution in [3.63, 3.8) is 0 Å². The number of nitrogens with one attached hydrogen (secondary N) is 2. The van der Waals surface area contributed by atoms with Crippen molar-refractivity contribution in [2.75, 3.05) is 6.61 Å². The molecular formula is C25H26FN5O3. The van der Waals surface area contributed by atoms with Crippen molar-refractivity contribution in [2.24, 2.45) is 0 Å². The third-order valence-corrected chi connectivity index (χ3v) is 7.49. The first-order valence-electron chi connectivity index (χ1n) is 11.7. The van der Waals surface area contributed by atoms with E-state index in [1.807, 2.05) is 25.1 Å². The molecule has 0 unspecified atom stereocenters. The van der Waals surface area contributed by atoms with Crippen LogP contribution in [-0.4, -0.2) is 37.7 Å². The monoisotopic (exact) mass is 463 g/mol. The lowest BCUT2D eigenvalue weighted by Crippen LogP contribution is -2.61. The number of H-pyrrole nitrogens is 1. The number of hydrogen-bond donors (Lipinski definition) is 2. The third kappa shape index (κ3) is 3.78. The number of oxazole rings is 1. The Balaban J connectivity index is 1.12. The molecule has 2 N–H and O–H groups in total. The van der Waals surface area contributed by atoms with Crippen LogP contribution in [0.4, 0.5) is 4.39 Å². The molecule has 3 aliphatic rings. The minimum Gasteiger partial charge on any atom is -0.406 e. The summed E-state index contributed by atoms with van der Waals surface area (Å²) in [5.74, 6) is -0.797. The predicted molar refractivity (Wildman–Crippen MR) is 124 cm³/mol. The standard InChI is InChI=1S/C25H26FN5O3/c1-15-2-4-19-21(29-15)17(18(26)13-27-19)6-7-25-10-8-24(9-11-25,14-33-25)28-12-16-3-5-20-22(30-16)31-23(32)34-20/h2-5,13,28H,6-12,14H2,1H3,(H,30,31,32). The highest BCUT2D eigenvalue weighted by atomic mass is 19.1. The average Bonchev–Trinajstić information content (AvgIpc) is 3.23. The third-order valence-electron chi connectivity index (χ3n) is 7.49. The lowest BCUT2D eigenvalue weighted by atomic mass is 9.69. The second-order valence-corrected chi connectivity index (χ2v) is 9.67. The highest BCUT2D eigenvalue weighted by molar-refractivity contribution is 5.78. The van der Waals surface area contributed by atoms with Crippen molar-refractivity contribution >= 4 is 22.3 Å². The number of aryl methyl sites for hydroxylation is 2. The Hall–Kier alpha value is -3.17. The Kier molecular flexibility index (Phi) is 5.00. The predicted octanol–water partition coefficient (Wildman–Crippen LogP) is 3.71. The quantitative estimate of drug-likeness (QED) is 0.449. The van der Waals surface area contributed by atoms with Crippen LogP contribution in [0.15, 0.2) is 39.7 Å². The number of hydrogen-bond acceptors (Lipinski definition) is 7. The van der Waals surface area contributed by atoms with E-state index in [4.69, 9.17) is 9.15 Å². The molecule has 7 rings (SSSR count). The van der Waals surface area contributed by atoms with Crippen molar-refractivity contribution in [1.29, 1.82) is 0 Å². The van der Waals surface area contributed by atoms with Gasteiger partial charge < -0.3 is 14.5 Å². The zero-order valence-electron chi connectivity index (χ0n) is 19.0. The summed E-state index contributed by atoms with van der Waals surface area (Å²) in [5.41, 5.74) is 4.32. The van der Waals surface area contributed by atoms with E-state index >= 15 is 0 Å². The van der Waals surface area contributed by atoms with E-state index in [1.54, 1.807) is 6.07 Å². The maximum atomic E-state index is 14.7. The average molecular weight is 464 g/mol. The zero-order chi connectivity index (χ0) is 23.3. The maximum Gasteiger partial charge on any atom is 0.418 e. The summed E-state index contributed by atoms with van der Waals surface area (Å²) in [4.78, 5) is 27.2. The second kappa shape index (κ2) is 7.95. The van der Waals surface area contributed by atoms with Crippen molar-refractivity contribution < 1.29 is 13.5 Å². The molecule has 6 heterocycles. The van der Waals surface area contributed by atoms with Gasteiger partial charge in [-0.25, -0.2) is 14.2 Å². The van der Waals surface area contributed by atoms with Gasteiger partial charge >= 0.3 is 5.76 Å². The molecule has 3 fully saturated rings. The van der Waals surface area contributed by atoms with Crippen LogP contribution < -0.4 is 11.1 Å². The lowest BCUT2D eigenvalue weighted by molar-refractivity contribution is -0.165. The van der Waals surface area contributed by atoms with Gasteiger partial charge in [-0.1, -0.05) is 0 Å². The Labute approximate surface area is 195 Å². The first kappa shape index (κ1) is 21.4. The number of pyridine rings is 3. The Morgan fingerprint density at radius 2 is 2.00 bits per heavy atom. The fourth-order valence-corrected chi connectivity index (χ4v) is 5.35. The largest absolute Gasteiger partial charge is 0.418 e. The van der Waals surface area contributed by atoms with Crippen LogP contribution in [-0.2, 0) is 17.7 Å². The summed E-state index contributed by atoms with van der Waals surface area (Å²) in [5, 5.41) is 3.65. The number of rotatable bonds is 6. The van der Waals surface area contributed by atoms with Crippen LogP contribution in [0.1, 0.15) is 49.1 Å². The van der Waals surface area contributed by atoms with Gasteiger partial charge in [0, 0.05) is 23.3 Å². The van der Waals surface area contributed by atoms with Gasteiger partial charge in [0.25, 0.3) is 0 Å². The van der Waals surface area contributed by atoms with E-state index in [0.29, 0.717) is 41.9 Å². The maximum absolute atomic E-state index is 14.7. The van der Waals surface area contributed by atoms with Gasteiger partial charge in [0.2, 0.25) is 0 Å². The molecule has 9 heteroatoms. The van der Waals surface area contributed by atoms with Gasteiger partial charge in [-0.15, -0.1) is 0 Å². The molecule has 176 valence electrons. The minimum atomic E-state index is -0.499. The lowest BCUT2D eigenvalue weighted by Gasteiger charge is -2.53. The summed E-state index contributed by atoms with van der Waals surface area (Å²) in [6.45, 7) is 3.11. The normalized spacial score (nSPS) is 24.3. The molecule has 4 aromatic rings. The van der Waals surface area contributed by atoms with E-state index in [1.165, 1.54) is 6.20 Å². The highest BCUT2D eigenvalue weighted by Gasteiger charge is 2.49. The van der Waals surface area contributed by atoms with E-state index in [-0.39, 0.29) is 17.0 Å². The fraction of sp³-hybridized carbons (Fsp3) is 0.440. The Bertz CT molecular complexity index is 1420. The molecule has 8 nitrogen and oxygen atoms in total. The number of aromatic amines is 1. The van der Waals surface area contributed by atoms with E-state index < -0.39 is 5.76 Å². The van der Waals surface area contributed by atoms with Gasteiger partial charge in [-0.2, -0.15) is 0 Å². The molecule has 2 aliphatic heterocycles. The van der Waals surface area contributed by atoms with Gasteiger partial charge in [-0.05, 0) is 69.7 Å². The number of ether oxygens (including phenoxy) is 1. The van der Waals surface area contributed by atoms with Crippen molar-refractivity contribution in [3.8, 4) is 0 Å². The fourth-order valence-electron chi connectivity index (χ4n) is 5.35. The minimum absolute atomic E-state index is 0.0878. The number of nitrogens with zero attached hydrogens (tertiary/aromatic N) is 3. The van der Waals surface area contributed by atoms with E-state index in [2.05, 4.69) is 25.3 Å². The van der Waals surface area contributed by atoms with Crippen molar-refractivity contribution in [3.05, 3.63) is 63.8 Å². The molecule has 0 amide bonds. The van der Waals surface area contributed by atoms with Crippen LogP contribution >= 0.6 is 0 Å². The molecule has 0 radical (unpaired) electrons. The number of halogens is 1. The van der Waals surface area contributed by atoms with E-state index in [9.17, 15) is 9.18 Å². The summed E-state index contributed by atoms with van der Waals surface area (Å²) in [7, 11) is 0. The smallest absolute Gasteiger partial charge is 0.406 e. The molecule has 2 bridgehead atoms. The zero-order valence-corrected chi connectivity index (χ0v) is 19.0. The Morgan fingerprint density at radius 3 is 2.79 bits per heavy atom. The van der Waals surface area contributed by atoms with E-state index in [0.717, 1.165) is 49.0 Å². The van der Waals surface area contributed by atoms with Gasteiger partial charge in [-0.3, -0.25) is 15.0 Å². The topological polar surface area (TPSA) is 106 Å². The van der Waals surface area contributed by atoms with Crippen LogP contribution in [0.2, 0.25) is 0 Å². The van der Waals surface area contributed by atoms with Crippen molar-refractivity contribution in [2.45, 2.75) is 63.1 Å². The molecule has 34 heavy (non-hydrogen) atoms. The second-order valence-electron chi connectivity index (χ2n) is 9.67. The van der Waals surface area contributed by atoms with Gasteiger partial charge in [0.1, 0.15) is 5.82 Å². The molecule has 0 aromatic carbocycles. The molecule has 0 spiro atoms. The van der Waals surface area contributed by atoms with Gasteiger partial charge in [0.15, 0.2) is 11.2 Å². The van der Waals surface area contributed by atoms with Crippen LogP contribution in [0, 0.1) is 12.7 Å². The molecule has 4 aromatic heterocycles. The molecule has 1 aliphatic carbocycles. The molecule has 0 atom stereocenters.